The van der Waals surface area contributed by atoms with Crippen LogP contribution in [0.2, 0.25) is 0 Å². The molecule has 0 atom stereocenters. The molecule has 5 nitrogen and oxygen atoms in total. The third kappa shape index (κ3) is 7.12. The summed E-state index contributed by atoms with van der Waals surface area (Å²) in [4.78, 5) is 25.8. The predicted molar refractivity (Wildman–Crippen MR) is 101 cm³/mol. The number of alkyl halides is 6. The van der Waals surface area contributed by atoms with Crippen LogP contribution < -0.4 is 10.6 Å². The average Bonchev–Trinajstić information content (AvgIpc) is 2.65. The van der Waals surface area contributed by atoms with E-state index in [-0.39, 0.29) is 24.6 Å². The Morgan fingerprint density at radius 1 is 1.06 bits per heavy atom. The van der Waals surface area contributed by atoms with E-state index < -0.39 is 35.3 Å². The topological polar surface area (TPSA) is 61.4 Å². The number of hydrogen-bond donors (Lipinski definition) is 2. The highest BCUT2D eigenvalue weighted by atomic mass is 19.4. The van der Waals surface area contributed by atoms with Crippen LogP contribution in [0.15, 0.2) is 24.3 Å². The van der Waals surface area contributed by atoms with E-state index >= 15 is 0 Å². The third-order valence-electron chi connectivity index (χ3n) is 5.24. The molecule has 0 radical (unpaired) electrons. The number of nitrogens with one attached hydrogen (secondary N) is 2. The van der Waals surface area contributed by atoms with E-state index in [1.807, 2.05) is 5.32 Å². The summed E-state index contributed by atoms with van der Waals surface area (Å²) in [6.07, 6.45) is -7.91. The molecule has 1 fully saturated rings. The highest BCUT2D eigenvalue weighted by Gasteiger charge is 2.48. The highest BCUT2D eigenvalue weighted by Crippen LogP contribution is 2.30. The van der Waals surface area contributed by atoms with E-state index in [0.717, 1.165) is 26.0 Å². The molecule has 0 spiro atoms. The van der Waals surface area contributed by atoms with Crippen LogP contribution in [0.3, 0.4) is 0 Å². The van der Waals surface area contributed by atoms with E-state index in [1.54, 1.807) is 4.90 Å². The van der Waals surface area contributed by atoms with Gasteiger partial charge in [-0.05, 0) is 63.9 Å². The van der Waals surface area contributed by atoms with E-state index in [4.69, 9.17) is 0 Å². The Morgan fingerprint density at radius 2 is 1.68 bits per heavy atom. The number of benzene rings is 1. The van der Waals surface area contributed by atoms with Crippen LogP contribution >= 0.6 is 0 Å². The number of nitrogens with zero attached hydrogens (tertiary/aromatic N) is 1. The molecule has 1 aromatic carbocycles. The predicted octanol–water partition coefficient (Wildman–Crippen LogP) is 3.60. The Kier molecular flexibility index (Phi) is 7.61. The summed E-state index contributed by atoms with van der Waals surface area (Å²) >= 11 is 0. The lowest BCUT2D eigenvalue weighted by Crippen LogP contribution is -2.56. The van der Waals surface area contributed by atoms with Gasteiger partial charge in [0.2, 0.25) is 5.91 Å². The molecule has 0 saturated carbocycles. The molecule has 1 aromatic rings. The molecule has 11 heteroatoms. The Hall–Kier alpha value is -2.30. The molecule has 2 N–H and O–H groups in total. The Bertz CT molecular complexity index is 784. The molecule has 2 rings (SSSR count). The quantitative estimate of drug-likeness (QED) is 0.648. The van der Waals surface area contributed by atoms with Crippen LogP contribution in [0.5, 0.6) is 0 Å². The molecule has 1 aliphatic heterocycles. The number of carbonyl (C=O) groups excluding carboxylic acids is 2. The van der Waals surface area contributed by atoms with Gasteiger partial charge in [-0.25, -0.2) is 0 Å². The van der Waals surface area contributed by atoms with Crippen molar-refractivity contribution in [3.05, 3.63) is 35.4 Å². The molecule has 1 heterocycles. The van der Waals surface area contributed by atoms with Crippen LogP contribution in [-0.2, 0) is 11.0 Å². The van der Waals surface area contributed by atoms with Crippen LogP contribution in [-0.4, -0.2) is 54.6 Å². The van der Waals surface area contributed by atoms with Gasteiger partial charge in [0.1, 0.15) is 5.54 Å². The highest BCUT2D eigenvalue weighted by molar-refractivity contribution is 5.94. The van der Waals surface area contributed by atoms with Crippen LogP contribution in [0.1, 0.15) is 42.6 Å². The molecule has 0 aromatic heterocycles. The minimum absolute atomic E-state index is 0.0562. The maximum atomic E-state index is 12.9. The molecule has 174 valence electrons. The minimum Gasteiger partial charge on any atom is -0.352 e. The van der Waals surface area contributed by atoms with Crippen LogP contribution in [0.4, 0.5) is 26.3 Å². The molecule has 1 aliphatic rings. The van der Waals surface area contributed by atoms with Crippen molar-refractivity contribution in [2.75, 3.05) is 26.2 Å². The summed E-state index contributed by atoms with van der Waals surface area (Å²) in [6.45, 7) is 2.81. The lowest BCUT2D eigenvalue weighted by molar-refractivity contribution is -0.188. The maximum absolute atomic E-state index is 12.9. The average molecular weight is 453 g/mol. The fraction of sp³-hybridized carbons (Fsp3) is 0.600. The smallest absolute Gasteiger partial charge is 0.352 e. The van der Waals surface area contributed by atoms with Gasteiger partial charge >= 0.3 is 12.4 Å². The Morgan fingerprint density at radius 3 is 2.23 bits per heavy atom. The number of likely N-dealkylation sites (tertiary alicyclic amines) is 1. The van der Waals surface area contributed by atoms with Crippen molar-refractivity contribution in [1.82, 2.24) is 15.5 Å². The summed E-state index contributed by atoms with van der Waals surface area (Å²) < 4.78 is 76.9. The van der Waals surface area contributed by atoms with Gasteiger partial charge in [0.15, 0.2) is 0 Å². The standard InChI is InChI=1S/C20H25F6N3O2/c1-18(2,20(24,25)26)28-16(30)12-29-8-6-13(7-9-29)11-27-17(31)14-4-3-5-15(10-14)19(21,22)23/h3-5,10,13H,6-9,11-12H2,1-2H3,(H,27,31)(H,28,30). The normalized spacial score (nSPS) is 16.8. The zero-order valence-corrected chi connectivity index (χ0v) is 17.2. The maximum Gasteiger partial charge on any atom is 0.416 e. The van der Waals surface area contributed by atoms with Gasteiger partial charge in [0.25, 0.3) is 5.91 Å². The van der Waals surface area contributed by atoms with E-state index in [9.17, 15) is 35.9 Å². The van der Waals surface area contributed by atoms with Gasteiger partial charge < -0.3 is 10.6 Å². The van der Waals surface area contributed by atoms with Gasteiger partial charge in [-0.15, -0.1) is 0 Å². The first kappa shape index (κ1) is 25.0. The monoisotopic (exact) mass is 453 g/mol. The van der Waals surface area contributed by atoms with Crippen LogP contribution in [0.25, 0.3) is 0 Å². The van der Waals surface area contributed by atoms with Gasteiger partial charge in [0, 0.05) is 12.1 Å². The lowest BCUT2D eigenvalue weighted by Gasteiger charge is -2.33. The lowest BCUT2D eigenvalue weighted by atomic mass is 9.96. The number of piperidine rings is 1. The number of hydrogen-bond acceptors (Lipinski definition) is 3. The first-order valence-electron chi connectivity index (χ1n) is 9.74. The number of rotatable bonds is 6. The minimum atomic E-state index is -4.56. The second kappa shape index (κ2) is 9.46. The van der Waals surface area contributed by atoms with Gasteiger partial charge in [-0.2, -0.15) is 26.3 Å². The van der Waals surface area contributed by atoms with E-state index in [1.165, 1.54) is 12.1 Å². The van der Waals surface area contributed by atoms with E-state index in [0.29, 0.717) is 25.9 Å². The Labute approximate surface area is 176 Å². The largest absolute Gasteiger partial charge is 0.416 e. The van der Waals surface area contributed by atoms with Crippen molar-refractivity contribution >= 4 is 11.8 Å². The summed E-state index contributed by atoms with van der Waals surface area (Å²) in [5.74, 6) is -1.28. The SMILES string of the molecule is CC(C)(NC(=O)CN1CCC(CNC(=O)c2cccc(C(F)(F)F)c2)CC1)C(F)(F)F. The zero-order valence-electron chi connectivity index (χ0n) is 17.2. The molecule has 0 unspecified atom stereocenters. The molecular weight excluding hydrogens is 428 g/mol. The first-order valence-corrected chi connectivity index (χ1v) is 9.74. The van der Waals surface area contributed by atoms with Crippen molar-refractivity contribution in [1.29, 1.82) is 0 Å². The fourth-order valence-electron chi connectivity index (χ4n) is 3.19. The molecule has 1 saturated heterocycles. The van der Waals surface area contributed by atoms with Crippen molar-refractivity contribution in [3.8, 4) is 0 Å². The molecule has 31 heavy (non-hydrogen) atoms. The van der Waals surface area contributed by atoms with Gasteiger partial charge in [-0.1, -0.05) is 6.07 Å². The fourth-order valence-corrected chi connectivity index (χ4v) is 3.19. The van der Waals surface area contributed by atoms with Crippen molar-refractivity contribution in [2.24, 2.45) is 5.92 Å². The molecular formula is C20H25F6N3O2. The Balaban J connectivity index is 1.77. The molecule has 0 bridgehead atoms. The van der Waals surface area contributed by atoms with E-state index in [2.05, 4.69) is 5.32 Å². The summed E-state index contributed by atoms with van der Waals surface area (Å²) in [5.41, 5.74) is -3.31. The molecule has 0 aliphatic carbocycles. The van der Waals surface area contributed by atoms with Crippen molar-refractivity contribution in [2.45, 2.75) is 44.6 Å². The van der Waals surface area contributed by atoms with Gasteiger partial charge in [-0.3, -0.25) is 14.5 Å². The summed E-state index contributed by atoms with van der Waals surface area (Å²) in [5, 5.41) is 4.61. The second-order valence-electron chi connectivity index (χ2n) is 8.18. The molecule has 2 amide bonds. The summed E-state index contributed by atoms with van der Waals surface area (Å²) in [7, 11) is 0. The zero-order chi connectivity index (χ0) is 23.4. The summed E-state index contributed by atoms with van der Waals surface area (Å²) in [6, 6.07) is 4.15. The second-order valence-corrected chi connectivity index (χ2v) is 8.18. The third-order valence-corrected chi connectivity index (χ3v) is 5.24. The number of halogens is 6. The number of carbonyl (C=O) groups is 2. The number of amides is 2. The van der Waals surface area contributed by atoms with Crippen LogP contribution in [0, 0.1) is 5.92 Å². The first-order chi connectivity index (χ1) is 14.2. The van der Waals surface area contributed by atoms with Crippen molar-refractivity contribution in [3.63, 3.8) is 0 Å². The van der Waals surface area contributed by atoms with Crippen molar-refractivity contribution < 1.29 is 35.9 Å². The van der Waals surface area contributed by atoms with Gasteiger partial charge in [0.05, 0.1) is 12.1 Å².